The molecule has 0 aromatic heterocycles. The molecule has 0 bridgehead atoms. The van der Waals surface area contributed by atoms with Gasteiger partial charge in [0.1, 0.15) is 12.4 Å². The molecule has 1 atom stereocenters. The first kappa shape index (κ1) is 15.5. The first-order chi connectivity index (χ1) is 9.11. The SMILES string of the molecule is CC(O)CCN(C)CCOc1ccc(CC#N)cc1. The third-order valence-corrected chi connectivity index (χ3v) is 2.88. The summed E-state index contributed by atoms with van der Waals surface area (Å²) in [7, 11) is 2.02. The standard InChI is InChI=1S/C15H22N2O2/c1-13(18)8-10-17(2)11-12-19-15-5-3-14(4-6-15)7-9-16/h3-6,13,18H,7-8,10-12H2,1-2H3. The predicted molar refractivity (Wildman–Crippen MR) is 75.0 cm³/mol. The summed E-state index contributed by atoms with van der Waals surface area (Å²) in [5.74, 6) is 0.825. The van der Waals surface area contributed by atoms with E-state index < -0.39 is 0 Å². The number of likely N-dealkylation sites (N-methyl/N-ethyl adjacent to an activating group) is 1. The van der Waals surface area contributed by atoms with Gasteiger partial charge in [0.05, 0.1) is 18.6 Å². The number of aliphatic hydroxyl groups excluding tert-OH is 1. The smallest absolute Gasteiger partial charge is 0.119 e. The van der Waals surface area contributed by atoms with Gasteiger partial charge in [-0.05, 0) is 38.1 Å². The highest BCUT2D eigenvalue weighted by atomic mass is 16.5. The van der Waals surface area contributed by atoms with Crippen LogP contribution in [-0.4, -0.2) is 42.9 Å². The van der Waals surface area contributed by atoms with Gasteiger partial charge in [-0.2, -0.15) is 5.26 Å². The second kappa shape index (κ2) is 8.52. The van der Waals surface area contributed by atoms with Crippen molar-refractivity contribution in [2.24, 2.45) is 0 Å². The Balaban J connectivity index is 2.23. The van der Waals surface area contributed by atoms with Crippen LogP contribution in [0.4, 0.5) is 0 Å². The maximum absolute atomic E-state index is 9.19. The molecule has 4 heteroatoms. The number of hydrogen-bond acceptors (Lipinski definition) is 4. The molecule has 1 aromatic rings. The largest absolute Gasteiger partial charge is 0.492 e. The topological polar surface area (TPSA) is 56.5 Å². The van der Waals surface area contributed by atoms with Crippen molar-refractivity contribution in [3.05, 3.63) is 29.8 Å². The van der Waals surface area contributed by atoms with E-state index in [9.17, 15) is 5.11 Å². The Labute approximate surface area is 115 Å². The van der Waals surface area contributed by atoms with E-state index in [-0.39, 0.29) is 6.10 Å². The zero-order valence-corrected chi connectivity index (χ0v) is 11.7. The average Bonchev–Trinajstić information content (AvgIpc) is 2.39. The number of rotatable bonds is 8. The summed E-state index contributed by atoms with van der Waals surface area (Å²) in [6.45, 7) is 4.11. The van der Waals surface area contributed by atoms with Gasteiger partial charge in [0.25, 0.3) is 0 Å². The number of benzene rings is 1. The van der Waals surface area contributed by atoms with E-state index in [4.69, 9.17) is 10.00 Å². The van der Waals surface area contributed by atoms with Crippen LogP contribution in [0.15, 0.2) is 24.3 Å². The monoisotopic (exact) mass is 262 g/mol. The van der Waals surface area contributed by atoms with E-state index in [2.05, 4.69) is 11.0 Å². The van der Waals surface area contributed by atoms with Crippen LogP contribution in [-0.2, 0) is 6.42 Å². The van der Waals surface area contributed by atoms with E-state index in [1.54, 1.807) is 6.92 Å². The van der Waals surface area contributed by atoms with Crippen molar-refractivity contribution in [3.63, 3.8) is 0 Å². The molecule has 0 amide bonds. The maximum atomic E-state index is 9.19. The van der Waals surface area contributed by atoms with Crippen LogP contribution < -0.4 is 4.74 Å². The Kier molecular flexibility index (Phi) is 6.94. The molecule has 1 unspecified atom stereocenters. The van der Waals surface area contributed by atoms with Crippen LogP contribution in [0.25, 0.3) is 0 Å². The van der Waals surface area contributed by atoms with Crippen molar-refractivity contribution in [2.45, 2.75) is 25.9 Å². The molecule has 0 saturated carbocycles. The van der Waals surface area contributed by atoms with Crippen LogP contribution in [0.1, 0.15) is 18.9 Å². The fourth-order valence-electron chi connectivity index (χ4n) is 1.63. The Morgan fingerprint density at radius 2 is 2.00 bits per heavy atom. The van der Waals surface area contributed by atoms with E-state index in [1.807, 2.05) is 31.3 Å². The van der Waals surface area contributed by atoms with Gasteiger partial charge in [-0.15, -0.1) is 0 Å². The van der Waals surface area contributed by atoms with E-state index in [1.165, 1.54) is 0 Å². The molecular weight excluding hydrogens is 240 g/mol. The zero-order valence-electron chi connectivity index (χ0n) is 11.7. The second-order valence-electron chi connectivity index (χ2n) is 4.77. The lowest BCUT2D eigenvalue weighted by molar-refractivity contribution is 0.157. The molecule has 0 fully saturated rings. The molecule has 1 rings (SSSR count). The highest BCUT2D eigenvalue weighted by molar-refractivity contribution is 5.28. The number of nitriles is 1. The van der Waals surface area contributed by atoms with Crippen molar-refractivity contribution in [1.82, 2.24) is 4.90 Å². The Bertz CT molecular complexity index is 396. The van der Waals surface area contributed by atoms with Crippen LogP contribution in [0.3, 0.4) is 0 Å². The molecular formula is C15H22N2O2. The molecule has 0 saturated heterocycles. The van der Waals surface area contributed by atoms with E-state index in [0.29, 0.717) is 13.0 Å². The van der Waals surface area contributed by atoms with Gasteiger partial charge in [0.2, 0.25) is 0 Å². The van der Waals surface area contributed by atoms with Gasteiger partial charge in [-0.25, -0.2) is 0 Å². The second-order valence-corrected chi connectivity index (χ2v) is 4.77. The minimum absolute atomic E-state index is 0.254. The van der Waals surface area contributed by atoms with Crippen molar-refractivity contribution < 1.29 is 9.84 Å². The summed E-state index contributed by atoms with van der Waals surface area (Å²) >= 11 is 0. The quantitative estimate of drug-likeness (QED) is 0.776. The van der Waals surface area contributed by atoms with Gasteiger partial charge in [-0.1, -0.05) is 12.1 Å². The summed E-state index contributed by atoms with van der Waals surface area (Å²) in [5.41, 5.74) is 1.00. The van der Waals surface area contributed by atoms with Crippen molar-refractivity contribution in [2.75, 3.05) is 26.7 Å². The fourth-order valence-corrected chi connectivity index (χ4v) is 1.63. The fraction of sp³-hybridized carbons (Fsp3) is 0.533. The van der Waals surface area contributed by atoms with Crippen molar-refractivity contribution in [1.29, 1.82) is 5.26 Å². The molecule has 0 radical (unpaired) electrons. The molecule has 4 nitrogen and oxygen atoms in total. The van der Waals surface area contributed by atoms with Crippen LogP contribution in [0.5, 0.6) is 5.75 Å². The molecule has 1 aromatic carbocycles. The lowest BCUT2D eigenvalue weighted by Crippen LogP contribution is -2.27. The van der Waals surface area contributed by atoms with E-state index in [0.717, 1.165) is 30.8 Å². The summed E-state index contributed by atoms with van der Waals surface area (Å²) in [5, 5.41) is 17.8. The lowest BCUT2D eigenvalue weighted by Gasteiger charge is -2.17. The number of nitrogens with zero attached hydrogens (tertiary/aromatic N) is 2. The van der Waals surface area contributed by atoms with Crippen molar-refractivity contribution in [3.8, 4) is 11.8 Å². The van der Waals surface area contributed by atoms with Crippen molar-refractivity contribution >= 4 is 0 Å². The van der Waals surface area contributed by atoms with Gasteiger partial charge < -0.3 is 14.7 Å². The molecule has 0 aliphatic rings. The molecule has 0 aliphatic carbocycles. The first-order valence-corrected chi connectivity index (χ1v) is 6.57. The first-order valence-electron chi connectivity index (χ1n) is 6.57. The maximum Gasteiger partial charge on any atom is 0.119 e. The Morgan fingerprint density at radius 3 is 2.58 bits per heavy atom. The predicted octanol–water partition coefficient (Wildman–Crippen LogP) is 1.83. The number of hydrogen-bond donors (Lipinski definition) is 1. The van der Waals surface area contributed by atoms with E-state index >= 15 is 0 Å². The summed E-state index contributed by atoms with van der Waals surface area (Å²) in [6, 6.07) is 9.72. The molecule has 0 spiro atoms. The Morgan fingerprint density at radius 1 is 1.32 bits per heavy atom. The van der Waals surface area contributed by atoms with Gasteiger partial charge >= 0.3 is 0 Å². The summed E-state index contributed by atoms with van der Waals surface area (Å²) in [4.78, 5) is 2.14. The summed E-state index contributed by atoms with van der Waals surface area (Å²) in [6.07, 6.45) is 0.956. The molecule has 0 heterocycles. The van der Waals surface area contributed by atoms with Gasteiger partial charge in [0, 0.05) is 13.1 Å². The highest BCUT2D eigenvalue weighted by Gasteiger charge is 2.02. The summed E-state index contributed by atoms with van der Waals surface area (Å²) < 4.78 is 5.63. The minimum Gasteiger partial charge on any atom is -0.492 e. The molecule has 1 N–H and O–H groups in total. The Hall–Kier alpha value is -1.57. The highest BCUT2D eigenvalue weighted by Crippen LogP contribution is 2.12. The third-order valence-electron chi connectivity index (χ3n) is 2.88. The number of aliphatic hydroxyl groups is 1. The minimum atomic E-state index is -0.254. The van der Waals surface area contributed by atoms with Gasteiger partial charge in [-0.3, -0.25) is 0 Å². The van der Waals surface area contributed by atoms with Crippen LogP contribution in [0.2, 0.25) is 0 Å². The lowest BCUT2D eigenvalue weighted by atomic mass is 10.2. The molecule has 104 valence electrons. The van der Waals surface area contributed by atoms with Crippen LogP contribution in [0, 0.1) is 11.3 Å². The molecule has 19 heavy (non-hydrogen) atoms. The number of ether oxygens (including phenoxy) is 1. The molecule has 0 aliphatic heterocycles. The third kappa shape index (κ3) is 6.80. The van der Waals surface area contributed by atoms with Gasteiger partial charge in [0.15, 0.2) is 0 Å². The van der Waals surface area contributed by atoms with Crippen LogP contribution >= 0.6 is 0 Å². The average molecular weight is 262 g/mol. The normalized spacial score (nSPS) is 12.2. The zero-order chi connectivity index (χ0) is 14.1.